The minimum Gasteiger partial charge on any atom is -0.391 e. The molecule has 1 aromatic heterocycles. The molecule has 0 amide bonds. The minimum absolute atomic E-state index is 0.210. The lowest BCUT2D eigenvalue weighted by molar-refractivity contribution is 0.259. The van der Waals surface area contributed by atoms with E-state index in [2.05, 4.69) is 6.92 Å². The molecule has 0 aromatic carbocycles. The van der Waals surface area contributed by atoms with Crippen LogP contribution >= 0.6 is 11.3 Å². The van der Waals surface area contributed by atoms with Gasteiger partial charge in [-0.1, -0.05) is 13.3 Å². The largest absolute Gasteiger partial charge is 0.391 e. The highest BCUT2D eigenvalue weighted by molar-refractivity contribution is 7.89. The van der Waals surface area contributed by atoms with Crippen LogP contribution in [0.1, 0.15) is 36.6 Å². The number of nitrogens with zero attached hydrogens (tertiary/aromatic N) is 1. The average molecular weight is 303 g/mol. The van der Waals surface area contributed by atoms with E-state index in [0.29, 0.717) is 28.8 Å². The topological polar surface area (TPSA) is 57.6 Å². The molecule has 1 unspecified atom stereocenters. The van der Waals surface area contributed by atoms with Crippen molar-refractivity contribution in [3.63, 3.8) is 0 Å². The van der Waals surface area contributed by atoms with Crippen molar-refractivity contribution in [1.29, 1.82) is 0 Å². The number of thiophene rings is 1. The molecule has 0 aliphatic carbocycles. The molecule has 0 radical (unpaired) electrons. The molecule has 4 nitrogen and oxygen atoms in total. The van der Waals surface area contributed by atoms with Crippen molar-refractivity contribution in [3.05, 3.63) is 15.8 Å². The third-order valence-electron chi connectivity index (χ3n) is 3.79. The first-order chi connectivity index (χ1) is 9.00. The maximum Gasteiger partial charge on any atom is 0.244 e. The van der Waals surface area contributed by atoms with Gasteiger partial charge in [-0.2, -0.15) is 4.31 Å². The van der Waals surface area contributed by atoms with Crippen LogP contribution in [0.3, 0.4) is 0 Å². The quantitative estimate of drug-likeness (QED) is 0.929. The SMILES string of the molecule is CCC1CCCN(S(=O)(=O)c2c(C)csc2CO)C1. The summed E-state index contributed by atoms with van der Waals surface area (Å²) in [6, 6.07) is 0. The summed E-state index contributed by atoms with van der Waals surface area (Å²) in [4.78, 5) is 0.882. The first-order valence-corrected chi connectivity index (χ1v) is 9.00. The van der Waals surface area contributed by atoms with Crippen LogP contribution in [0.25, 0.3) is 0 Å². The van der Waals surface area contributed by atoms with Crippen LogP contribution in [0.2, 0.25) is 0 Å². The molecule has 2 heterocycles. The summed E-state index contributed by atoms with van der Waals surface area (Å²) in [6.07, 6.45) is 3.05. The number of hydrogen-bond donors (Lipinski definition) is 1. The molecule has 1 N–H and O–H groups in total. The van der Waals surface area contributed by atoms with Crippen LogP contribution in [-0.4, -0.2) is 30.9 Å². The Morgan fingerprint density at radius 1 is 1.53 bits per heavy atom. The summed E-state index contributed by atoms with van der Waals surface area (Å²) < 4.78 is 27.1. The van der Waals surface area contributed by atoms with Crippen LogP contribution in [0.5, 0.6) is 0 Å². The Bertz CT molecular complexity index is 536. The number of aryl methyl sites for hydroxylation is 1. The molecule has 108 valence electrons. The number of aliphatic hydroxyl groups excluding tert-OH is 1. The van der Waals surface area contributed by atoms with E-state index in [9.17, 15) is 13.5 Å². The zero-order valence-corrected chi connectivity index (χ0v) is 13.1. The van der Waals surface area contributed by atoms with Crippen molar-refractivity contribution in [3.8, 4) is 0 Å². The lowest BCUT2D eigenvalue weighted by Gasteiger charge is -2.31. The Morgan fingerprint density at radius 2 is 2.26 bits per heavy atom. The lowest BCUT2D eigenvalue weighted by atomic mass is 9.97. The standard InChI is InChI=1S/C13H21NO3S2/c1-3-11-5-4-6-14(7-11)19(16,17)13-10(2)9-18-12(13)8-15/h9,11,15H,3-8H2,1-2H3. The molecule has 1 aliphatic heterocycles. The summed E-state index contributed by atoms with van der Waals surface area (Å²) in [5.41, 5.74) is 0.743. The maximum atomic E-state index is 12.7. The van der Waals surface area contributed by atoms with Gasteiger partial charge in [-0.25, -0.2) is 8.42 Å². The fourth-order valence-corrected chi connectivity index (χ4v) is 5.82. The van der Waals surface area contributed by atoms with E-state index in [1.165, 1.54) is 11.3 Å². The number of piperidine rings is 1. The highest BCUT2D eigenvalue weighted by Gasteiger charge is 2.32. The zero-order valence-electron chi connectivity index (χ0n) is 11.4. The first kappa shape index (κ1) is 15.0. The summed E-state index contributed by atoms with van der Waals surface area (Å²) >= 11 is 1.32. The van der Waals surface area contributed by atoms with Gasteiger partial charge in [0.25, 0.3) is 0 Å². The molecular formula is C13H21NO3S2. The number of hydrogen-bond acceptors (Lipinski definition) is 4. The van der Waals surface area contributed by atoms with Crippen LogP contribution in [-0.2, 0) is 16.6 Å². The van der Waals surface area contributed by atoms with Crippen LogP contribution in [0.4, 0.5) is 0 Å². The van der Waals surface area contributed by atoms with E-state index in [0.717, 1.165) is 24.8 Å². The van der Waals surface area contributed by atoms with Crippen LogP contribution in [0.15, 0.2) is 10.3 Å². The third kappa shape index (κ3) is 2.86. The Balaban J connectivity index is 2.34. The molecule has 0 bridgehead atoms. The van der Waals surface area contributed by atoms with E-state index in [1.807, 2.05) is 0 Å². The van der Waals surface area contributed by atoms with Gasteiger partial charge in [-0.05, 0) is 36.6 Å². The lowest BCUT2D eigenvalue weighted by Crippen LogP contribution is -2.40. The van der Waals surface area contributed by atoms with Gasteiger partial charge in [0.15, 0.2) is 0 Å². The summed E-state index contributed by atoms with van der Waals surface area (Å²) in [6.45, 7) is 4.90. The summed E-state index contributed by atoms with van der Waals surface area (Å²) in [5.74, 6) is 0.458. The molecule has 0 spiro atoms. The predicted molar refractivity (Wildman–Crippen MR) is 76.8 cm³/mol. The molecule has 1 aromatic rings. The van der Waals surface area contributed by atoms with Gasteiger partial charge < -0.3 is 5.11 Å². The van der Waals surface area contributed by atoms with Crippen molar-refractivity contribution in [2.75, 3.05) is 13.1 Å². The molecular weight excluding hydrogens is 282 g/mol. The van der Waals surface area contributed by atoms with Gasteiger partial charge in [-0.15, -0.1) is 11.3 Å². The van der Waals surface area contributed by atoms with Crippen molar-refractivity contribution >= 4 is 21.4 Å². The minimum atomic E-state index is -3.45. The van der Waals surface area contributed by atoms with E-state index in [4.69, 9.17) is 0 Å². The zero-order chi connectivity index (χ0) is 14.0. The molecule has 1 aliphatic rings. The molecule has 1 atom stereocenters. The molecule has 2 rings (SSSR count). The smallest absolute Gasteiger partial charge is 0.244 e. The van der Waals surface area contributed by atoms with E-state index < -0.39 is 10.0 Å². The summed E-state index contributed by atoms with van der Waals surface area (Å²) in [5, 5.41) is 11.1. The Hall–Kier alpha value is -0.430. The normalized spacial score (nSPS) is 21.7. The van der Waals surface area contributed by atoms with Gasteiger partial charge in [0, 0.05) is 13.1 Å². The fraction of sp³-hybridized carbons (Fsp3) is 0.692. The second-order valence-electron chi connectivity index (χ2n) is 5.11. The monoisotopic (exact) mass is 303 g/mol. The van der Waals surface area contributed by atoms with Crippen molar-refractivity contribution in [1.82, 2.24) is 4.31 Å². The van der Waals surface area contributed by atoms with Crippen LogP contribution in [0, 0.1) is 12.8 Å². The van der Waals surface area contributed by atoms with Crippen molar-refractivity contribution < 1.29 is 13.5 Å². The second kappa shape index (κ2) is 5.91. The van der Waals surface area contributed by atoms with Gasteiger partial charge in [-0.3, -0.25) is 0 Å². The Morgan fingerprint density at radius 3 is 2.89 bits per heavy atom. The average Bonchev–Trinajstić information content (AvgIpc) is 2.80. The number of rotatable bonds is 4. The highest BCUT2D eigenvalue weighted by Crippen LogP contribution is 2.32. The van der Waals surface area contributed by atoms with Crippen molar-refractivity contribution in [2.24, 2.45) is 5.92 Å². The molecule has 6 heteroatoms. The van der Waals surface area contributed by atoms with E-state index in [1.54, 1.807) is 16.6 Å². The maximum absolute atomic E-state index is 12.7. The molecule has 0 saturated carbocycles. The van der Waals surface area contributed by atoms with E-state index in [-0.39, 0.29) is 6.61 Å². The van der Waals surface area contributed by atoms with Gasteiger partial charge in [0.2, 0.25) is 10.0 Å². The van der Waals surface area contributed by atoms with Gasteiger partial charge in [0.1, 0.15) is 4.90 Å². The Kier molecular flexibility index (Phi) is 4.66. The number of sulfonamides is 1. The third-order valence-corrected chi connectivity index (χ3v) is 7.10. The van der Waals surface area contributed by atoms with Gasteiger partial charge >= 0.3 is 0 Å². The van der Waals surface area contributed by atoms with E-state index >= 15 is 0 Å². The second-order valence-corrected chi connectivity index (χ2v) is 7.95. The highest BCUT2D eigenvalue weighted by atomic mass is 32.2. The van der Waals surface area contributed by atoms with Crippen molar-refractivity contribution in [2.45, 2.75) is 44.6 Å². The number of aliphatic hydroxyl groups is 1. The molecule has 19 heavy (non-hydrogen) atoms. The fourth-order valence-electron chi connectivity index (χ4n) is 2.65. The Labute approximate surface area is 119 Å². The molecule has 1 fully saturated rings. The van der Waals surface area contributed by atoms with Gasteiger partial charge in [0.05, 0.1) is 11.5 Å². The van der Waals surface area contributed by atoms with Crippen LogP contribution < -0.4 is 0 Å². The molecule has 1 saturated heterocycles. The first-order valence-electron chi connectivity index (χ1n) is 6.68. The predicted octanol–water partition coefficient (Wildman–Crippen LogP) is 2.36. The summed E-state index contributed by atoms with van der Waals surface area (Å²) in [7, 11) is -3.45.